The molecule has 2 atom stereocenters. The summed E-state index contributed by atoms with van der Waals surface area (Å²) < 4.78 is 44.0. The van der Waals surface area contributed by atoms with Gasteiger partial charge >= 0.3 is 6.18 Å². The summed E-state index contributed by atoms with van der Waals surface area (Å²) in [5.41, 5.74) is -0.413. The molecule has 0 bridgehead atoms. The predicted molar refractivity (Wildman–Crippen MR) is 163 cm³/mol. The highest BCUT2D eigenvalue weighted by molar-refractivity contribution is 6.30. The van der Waals surface area contributed by atoms with Gasteiger partial charge in [-0.25, -0.2) is 0 Å². The lowest BCUT2D eigenvalue weighted by molar-refractivity contribution is -0.137. The van der Waals surface area contributed by atoms with Gasteiger partial charge in [0.2, 0.25) is 0 Å². The van der Waals surface area contributed by atoms with Crippen LogP contribution in [-0.2, 0) is 17.5 Å². The number of allylic oxidation sites excluding steroid dienone is 2. The van der Waals surface area contributed by atoms with E-state index in [0.717, 1.165) is 37.8 Å². The molecule has 0 amide bonds. The van der Waals surface area contributed by atoms with E-state index in [-0.39, 0.29) is 17.6 Å². The minimum absolute atomic E-state index is 0.0280. The maximum atomic E-state index is 12.9. The summed E-state index contributed by atoms with van der Waals surface area (Å²) in [4.78, 5) is 11.3. The van der Waals surface area contributed by atoms with Gasteiger partial charge in [-0.15, -0.1) is 6.58 Å². The number of aliphatic imine (C=N–C) groups is 2. The number of halogens is 4. The Morgan fingerprint density at radius 2 is 1.67 bits per heavy atom. The Labute approximate surface area is 240 Å². The normalized spacial score (nSPS) is 19.7. The first-order chi connectivity index (χ1) is 18.6. The van der Waals surface area contributed by atoms with Crippen molar-refractivity contribution in [1.29, 1.82) is 0 Å². The summed E-state index contributed by atoms with van der Waals surface area (Å²) in [7, 11) is 3.75. The molecular weight excluding hydrogens is 525 g/mol. The molecule has 1 N–H and O–H groups in total. The molecule has 0 spiro atoms. The van der Waals surface area contributed by atoms with Crippen LogP contribution in [0.15, 0.2) is 52.8 Å². The molecule has 9 heteroatoms. The smallest absolute Gasteiger partial charge is 0.416 e. The second-order valence-electron chi connectivity index (χ2n) is 8.33. The third-order valence-electron chi connectivity index (χ3n) is 5.78. The number of hydrogen-bond donors (Lipinski definition) is 1. The van der Waals surface area contributed by atoms with E-state index in [9.17, 15) is 13.2 Å². The van der Waals surface area contributed by atoms with Crippen molar-refractivity contribution in [3.63, 3.8) is 0 Å². The summed E-state index contributed by atoms with van der Waals surface area (Å²) in [5.74, 6) is 0.540. The van der Waals surface area contributed by atoms with Gasteiger partial charge in [0, 0.05) is 23.3 Å². The molecule has 1 aromatic carbocycles. The standard InChI is InChI=1S/C23H32ClF3N4O.C3H6.2C2H6/c1-5-20-10-19(11-21(6-2)31(20)3)30-14-22(32-4)13-29-15-28-12-16-7-17(23(25,26)27)9-18(24)8-16;1-3-2;2*1-2/h7-9,13-15,19-21H,5-6,10-12H2,1-4H3,(H,28,29);3H,1H2,2H3;2*1-2H3/b22-13+,30-14?;;;. The van der Waals surface area contributed by atoms with Gasteiger partial charge in [0.15, 0.2) is 5.76 Å². The van der Waals surface area contributed by atoms with Gasteiger partial charge in [-0.1, -0.05) is 59.2 Å². The highest BCUT2D eigenvalue weighted by Gasteiger charge is 2.31. The fourth-order valence-electron chi connectivity index (χ4n) is 3.94. The number of hydrogen-bond acceptors (Lipinski definition) is 4. The zero-order valence-corrected chi connectivity index (χ0v) is 26.0. The topological polar surface area (TPSA) is 49.2 Å². The van der Waals surface area contributed by atoms with Crippen molar-refractivity contribution in [1.82, 2.24) is 10.2 Å². The number of nitrogens with zero attached hydrogens (tertiary/aromatic N) is 3. The van der Waals surface area contributed by atoms with Gasteiger partial charge in [0.05, 0.1) is 37.8 Å². The van der Waals surface area contributed by atoms with Crippen LogP contribution in [0.1, 0.15) is 85.3 Å². The number of rotatable bonds is 9. The van der Waals surface area contributed by atoms with Gasteiger partial charge in [0.25, 0.3) is 0 Å². The molecule has 0 saturated carbocycles. The molecule has 0 aliphatic carbocycles. The number of piperidine rings is 1. The monoisotopic (exact) mass is 574 g/mol. The summed E-state index contributed by atoms with van der Waals surface area (Å²) in [6.45, 7) is 17.7. The highest BCUT2D eigenvalue weighted by atomic mass is 35.5. The molecule has 1 heterocycles. The molecule has 0 radical (unpaired) electrons. The van der Waals surface area contributed by atoms with E-state index in [1.54, 1.807) is 25.6 Å². The minimum Gasteiger partial charge on any atom is -0.494 e. The molecule has 1 aliphatic rings. The van der Waals surface area contributed by atoms with Crippen LogP contribution < -0.4 is 5.32 Å². The average molecular weight is 575 g/mol. The van der Waals surface area contributed by atoms with Crippen LogP contribution in [0, 0.1) is 0 Å². The number of benzene rings is 1. The molecule has 5 nitrogen and oxygen atoms in total. The fraction of sp³-hybridized carbons (Fsp3) is 0.600. The Hall–Kier alpha value is -2.32. The largest absolute Gasteiger partial charge is 0.494 e. The van der Waals surface area contributed by atoms with Crippen LogP contribution in [0.4, 0.5) is 13.2 Å². The van der Waals surface area contributed by atoms with Crippen molar-refractivity contribution in [2.45, 2.75) is 105 Å². The van der Waals surface area contributed by atoms with Crippen LogP contribution in [-0.4, -0.2) is 49.7 Å². The summed E-state index contributed by atoms with van der Waals surface area (Å²) in [5, 5.41) is 2.90. The molecule has 224 valence electrons. The third kappa shape index (κ3) is 15.8. The molecule has 1 aliphatic heterocycles. The minimum atomic E-state index is -4.45. The maximum Gasteiger partial charge on any atom is 0.416 e. The molecular formula is C30H50ClF3N4O. The Bertz CT molecular complexity index is 858. The number of likely N-dealkylation sites (tertiary alicyclic amines) is 1. The van der Waals surface area contributed by atoms with Crippen molar-refractivity contribution in [2.24, 2.45) is 9.98 Å². The zero-order chi connectivity index (χ0) is 30.4. The van der Waals surface area contributed by atoms with Crippen molar-refractivity contribution in [3.05, 3.63) is 59.0 Å². The van der Waals surface area contributed by atoms with Gasteiger partial charge in [-0.3, -0.25) is 9.98 Å². The fourth-order valence-corrected chi connectivity index (χ4v) is 4.20. The second kappa shape index (κ2) is 22.5. The zero-order valence-electron chi connectivity index (χ0n) is 25.3. The molecule has 2 unspecified atom stereocenters. The van der Waals surface area contributed by atoms with Crippen LogP contribution in [0.3, 0.4) is 0 Å². The number of nitrogens with one attached hydrogen (secondary N) is 1. The molecule has 2 rings (SSSR count). The first kappa shape index (κ1) is 38.8. The van der Waals surface area contributed by atoms with E-state index >= 15 is 0 Å². The maximum absolute atomic E-state index is 12.9. The van der Waals surface area contributed by atoms with E-state index in [4.69, 9.17) is 21.3 Å². The van der Waals surface area contributed by atoms with Gasteiger partial charge in [0.1, 0.15) is 0 Å². The number of methoxy groups -OCH3 is 1. The van der Waals surface area contributed by atoms with E-state index in [0.29, 0.717) is 23.4 Å². The Kier molecular flexibility index (Phi) is 22.4. The van der Waals surface area contributed by atoms with Crippen molar-refractivity contribution >= 4 is 24.2 Å². The quantitative estimate of drug-likeness (QED) is 0.139. The lowest BCUT2D eigenvalue weighted by Crippen LogP contribution is -2.47. The van der Waals surface area contributed by atoms with E-state index < -0.39 is 11.7 Å². The van der Waals surface area contributed by atoms with E-state index in [2.05, 4.69) is 42.7 Å². The Morgan fingerprint density at radius 3 is 2.13 bits per heavy atom. The van der Waals surface area contributed by atoms with Crippen molar-refractivity contribution < 1.29 is 17.9 Å². The molecule has 0 aromatic heterocycles. The lowest BCUT2D eigenvalue weighted by atomic mass is 9.89. The molecule has 1 aromatic rings. The predicted octanol–water partition coefficient (Wildman–Crippen LogP) is 8.93. The van der Waals surface area contributed by atoms with Crippen molar-refractivity contribution in [2.75, 3.05) is 14.2 Å². The third-order valence-corrected chi connectivity index (χ3v) is 6.00. The van der Waals surface area contributed by atoms with E-state index in [1.807, 2.05) is 34.6 Å². The first-order valence-corrected chi connectivity index (χ1v) is 14.1. The summed E-state index contributed by atoms with van der Waals surface area (Å²) in [6.07, 6.45) is 6.26. The number of alkyl halides is 3. The molecule has 39 heavy (non-hydrogen) atoms. The highest BCUT2D eigenvalue weighted by Crippen LogP contribution is 2.32. The van der Waals surface area contributed by atoms with Crippen molar-refractivity contribution in [3.8, 4) is 0 Å². The Balaban J connectivity index is 0. The average Bonchev–Trinajstić information content (AvgIpc) is 2.92. The van der Waals surface area contributed by atoms with Gasteiger partial charge in [-0.2, -0.15) is 13.2 Å². The molecule has 1 saturated heterocycles. The van der Waals surface area contributed by atoms with Gasteiger partial charge in [-0.05, 0) is 63.4 Å². The first-order valence-electron chi connectivity index (χ1n) is 13.8. The van der Waals surface area contributed by atoms with Crippen LogP contribution >= 0.6 is 11.6 Å². The summed E-state index contributed by atoms with van der Waals surface area (Å²) >= 11 is 5.79. The van der Waals surface area contributed by atoms with Gasteiger partial charge < -0.3 is 15.0 Å². The SMILES string of the molecule is C=CC.CC.CC.CCC1CC(N=C/C(=C\NC=NCc2cc(Cl)cc(C(F)(F)F)c2)OC)CC(CC)N1C. The summed E-state index contributed by atoms with van der Waals surface area (Å²) in [6, 6.07) is 4.71. The lowest BCUT2D eigenvalue weighted by Gasteiger charge is -2.41. The van der Waals surface area contributed by atoms with Crippen LogP contribution in [0.2, 0.25) is 5.02 Å². The van der Waals surface area contributed by atoms with Crippen LogP contribution in [0.5, 0.6) is 0 Å². The molecule has 1 fully saturated rings. The number of ether oxygens (including phenoxy) is 1. The van der Waals surface area contributed by atoms with Crippen LogP contribution in [0.25, 0.3) is 0 Å². The Morgan fingerprint density at radius 1 is 1.13 bits per heavy atom. The second-order valence-corrected chi connectivity index (χ2v) is 8.77. The van der Waals surface area contributed by atoms with E-state index in [1.165, 1.54) is 12.4 Å².